The molecule has 0 aliphatic rings. The van der Waals surface area contributed by atoms with E-state index in [1.54, 1.807) is 17.9 Å². The molecule has 0 amide bonds. The number of aromatic nitrogens is 8. The monoisotopic (exact) mass is 257 g/mol. The fourth-order valence-electron chi connectivity index (χ4n) is 1.51. The quantitative estimate of drug-likeness (QED) is 0.704. The summed E-state index contributed by atoms with van der Waals surface area (Å²) in [6, 6.07) is 1.87. The number of nitrogens with one attached hydrogen (secondary N) is 1. The van der Waals surface area contributed by atoms with E-state index < -0.39 is 0 Å². The fourth-order valence-corrected chi connectivity index (χ4v) is 1.51. The molecule has 0 saturated carbocycles. The van der Waals surface area contributed by atoms with Crippen molar-refractivity contribution in [1.82, 2.24) is 39.5 Å². The van der Waals surface area contributed by atoms with Crippen LogP contribution in [0.4, 0.5) is 5.95 Å². The van der Waals surface area contributed by atoms with Crippen molar-refractivity contribution in [1.29, 1.82) is 0 Å². The average molecular weight is 257 g/mol. The summed E-state index contributed by atoms with van der Waals surface area (Å²) >= 11 is 0. The van der Waals surface area contributed by atoms with Gasteiger partial charge in [0.2, 0.25) is 5.95 Å². The van der Waals surface area contributed by atoms with E-state index in [0.717, 1.165) is 5.69 Å². The summed E-state index contributed by atoms with van der Waals surface area (Å²) in [6.07, 6.45) is 4.72. The normalized spacial score (nSPS) is 10.6. The molecule has 0 aromatic carbocycles. The van der Waals surface area contributed by atoms with Gasteiger partial charge in [-0.2, -0.15) is 29.8 Å². The molecule has 0 atom stereocenters. The summed E-state index contributed by atoms with van der Waals surface area (Å²) < 4.78 is 3.04. The predicted octanol–water partition coefficient (Wildman–Crippen LogP) is -0.0119. The highest BCUT2D eigenvalue weighted by atomic mass is 15.4. The number of hydrogen-bond acceptors (Lipinski definition) is 7. The number of aryl methyl sites for hydroxylation is 1. The molecule has 3 aromatic heterocycles. The standard InChI is InChI=1S/C10H11N9/c1-7-3-4-18(17-7)9-14-8(11-2)15-10(16-9)19-6-12-5-13-19/h3-6H,1-2H3,(H,11,14,15,16). The van der Waals surface area contributed by atoms with Gasteiger partial charge in [0.05, 0.1) is 5.69 Å². The maximum absolute atomic E-state index is 4.31. The fraction of sp³-hybridized carbons (Fsp3) is 0.200. The Hall–Kier alpha value is -2.84. The average Bonchev–Trinajstić information content (AvgIpc) is 3.09. The molecule has 19 heavy (non-hydrogen) atoms. The third kappa shape index (κ3) is 2.12. The Morgan fingerprint density at radius 1 is 1.11 bits per heavy atom. The van der Waals surface area contributed by atoms with E-state index >= 15 is 0 Å². The zero-order valence-corrected chi connectivity index (χ0v) is 10.4. The van der Waals surface area contributed by atoms with Gasteiger partial charge in [0.15, 0.2) is 0 Å². The van der Waals surface area contributed by atoms with Gasteiger partial charge < -0.3 is 5.32 Å². The summed E-state index contributed by atoms with van der Waals surface area (Å²) in [5, 5.41) is 11.1. The van der Waals surface area contributed by atoms with Crippen molar-refractivity contribution in [3.63, 3.8) is 0 Å². The highest BCUT2D eigenvalue weighted by molar-refractivity contribution is 5.31. The molecule has 3 heterocycles. The third-order valence-corrected chi connectivity index (χ3v) is 2.39. The Labute approximate surface area is 108 Å². The second kappa shape index (κ2) is 4.44. The lowest BCUT2D eigenvalue weighted by Crippen LogP contribution is -2.12. The third-order valence-electron chi connectivity index (χ3n) is 2.39. The Balaban J connectivity index is 2.12. The molecule has 1 N–H and O–H groups in total. The van der Waals surface area contributed by atoms with Gasteiger partial charge in [0.25, 0.3) is 11.9 Å². The first-order chi connectivity index (χ1) is 9.26. The Bertz CT molecular complexity index is 685. The van der Waals surface area contributed by atoms with Crippen LogP contribution in [0.25, 0.3) is 11.9 Å². The molecule has 3 aromatic rings. The second-order valence-electron chi connectivity index (χ2n) is 3.75. The Morgan fingerprint density at radius 3 is 2.47 bits per heavy atom. The minimum atomic E-state index is 0.375. The molecule has 0 aliphatic heterocycles. The smallest absolute Gasteiger partial charge is 0.258 e. The van der Waals surface area contributed by atoms with E-state index in [2.05, 4.69) is 35.5 Å². The largest absolute Gasteiger partial charge is 0.357 e. The molecular weight excluding hydrogens is 246 g/mol. The first kappa shape index (κ1) is 11.3. The van der Waals surface area contributed by atoms with E-state index in [0.29, 0.717) is 17.8 Å². The van der Waals surface area contributed by atoms with Gasteiger partial charge in [0.1, 0.15) is 12.7 Å². The van der Waals surface area contributed by atoms with Gasteiger partial charge in [0, 0.05) is 13.2 Å². The lowest BCUT2D eigenvalue weighted by molar-refractivity contribution is 0.742. The van der Waals surface area contributed by atoms with Crippen molar-refractivity contribution in [3.8, 4) is 11.9 Å². The van der Waals surface area contributed by atoms with Crippen LogP contribution >= 0.6 is 0 Å². The SMILES string of the molecule is CNc1nc(-n2cncn2)nc(-n2ccc(C)n2)n1. The van der Waals surface area contributed by atoms with Crippen LogP contribution in [0, 0.1) is 6.92 Å². The molecule has 0 fully saturated rings. The zero-order valence-electron chi connectivity index (χ0n) is 10.4. The van der Waals surface area contributed by atoms with Gasteiger partial charge >= 0.3 is 0 Å². The first-order valence-electron chi connectivity index (χ1n) is 5.58. The van der Waals surface area contributed by atoms with Gasteiger partial charge in [-0.1, -0.05) is 0 Å². The molecule has 0 radical (unpaired) electrons. The summed E-state index contributed by atoms with van der Waals surface area (Å²) in [6.45, 7) is 1.90. The molecule has 96 valence electrons. The molecule has 3 rings (SSSR count). The Kier molecular flexibility index (Phi) is 2.63. The number of rotatable bonds is 3. The van der Waals surface area contributed by atoms with Crippen LogP contribution in [0.2, 0.25) is 0 Å². The second-order valence-corrected chi connectivity index (χ2v) is 3.75. The molecule has 0 aliphatic carbocycles. The van der Waals surface area contributed by atoms with E-state index in [1.807, 2.05) is 13.0 Å². The van der Waals surface area contributed by atoms with Crippen molar-refractivity contribution >= 4 is 5.95 Å². The number of anilines is 1. The molecule has 9 nitrogen and oxygen atoms in total. The molecule has 0 spiro atoms. The maximum atomic E-state index is 4.31. The van der Waals surface area contributed by atoms with E-state index in [9.17, 15) is 0 Å². The summed E-state index contributed by atoms with van der Waals surface area (Å²) in [5.74, 6) is 1.22. The minimum absolute atomic E-state index is 0.375. The van der Waals surface area contributed by atoms with Crippen LogP contribution < -0.4 is 5.32 Å². The van der Waals surface area contributed by atoms with Crippen LogP contribution in [-0.4, -0.2) is 46.5 Å². The van der Waals surface area contributed by atoms with Crippen molar-refractivity contribution in [2.45, 2.75) is 6.92 Å². The summed E-state index contributed by atoms with van der Waals surface area (Å²) in [7, 11) is 1.73. The maximum Gasteiger partial charge on any atom is 0.258 e. The van der Waals surface area contributed by atoms with Gasteiger partial charge in [-0.25, -0.2) is 9.67 Å². The molecular formula is C10H11N9. The highest BCUT2D eigenvalue weighted by Crippen LogP contribution is 2.08. The predicted molar refractivity (Wildman–Crippen MR) is 66.1 cm³/mol. The van der Waals surface area contributed by atoms with Crippen LogP contribution in [0.15, 0.2) is 24.9 Å². The van der Waals surface area contributed by atoms with Crippen LogP contribution in [-0.2, 0) is 0 Å². The van der Waals surface area contributed by atoms with Crippen molar-refractivity contribution in [2.24, 2.45) is 0 Å². The topological polar surface area (TPSA) is 99.2 Å². The van der Waals surface area contributed by atoms with Crippen LogP contribution in [0.1, 0.15) is 5.69 Å². The number of nitrogens with zero attached hydrogens (tertiary/aromatic N) is 8. The van der Waals surface area contributed by atoms with E-state index in [4.69, 9.17) is 0 Å². The lowest BCUT2D eigenvalue weighted by atomic mass is 10.5. The van der Waals surface area contributed by atoms with Crippen LogP contribution in [0.3, 0.4) is 0 Å². The minimum Gasteiger partial charge on any atom is -0.357 e. The molecule has 0 bridgehead atoms. The van der Waals surface area contributed by atoms with Crippen molar-refractivity contribution in [2.75, 3.05) is 12.4 Å². The van der Waals surface area contributed by atoms with Gasteiger partial charge in [-0.05, 0) is 13.0 Å². The highest BCUT2D eigenvalue weighted by Gasteiger charge is 2.10. The van der Waals surface area contributed by atoms with Crippen molar-refractivity contribution < 1.29 is 0 Å². The van der Waals surface area contributed by atoms with Gasteiger partial charge in [-0.3, -0.25) is 0 Å². The van der Waals surface area contributed by atoms with Gasteiger partial charge in [-0.15, -0.1) is 0 Å². The summed E-state index contributed by atoms with van der Waals surface area (Å²) in [5.41, 5.74) is 0.883. The van der Waals surface area contributed by atoms with Crippen LogP contribution in [0.5, 0.6) is 0 Å². The Morgan fingerprint density at radius 2 is 1.89 bits per heavy atom. The van der Waals surface area contributed by atoms with Crippen molar-refractivity contribution in [3.05, 3.63) is 30.6 Å². The lowest BCUT2D eigenvalue weighted by Gasteiger charge is -2.05. The summed E-state index contributed by atoms with van der Waals surface area (Å²) in [4.78, 5) is 16.6. The molecule has 9 heteroatoms. The zero-order chi connectivity index (χ0) is 13.2. The molecule has 0 saturated heterocycles. The van der Waals surface area contributed by atoms with E-state index in [1.165, 1.54) is 17.3 Å². The molecule has 0 unspecified atom stereocenters. The first-order valence-corrected chi connectivity index (χ1v) is 5.58. The number of hydrogen-bond donors (Lipinski definition) is 1. The van der Waals surface area contributed by atoms with E-state index in [-0.39, 0.29) is 0 Å².